The fraction of sp³-hybridized carbons (Fsp3) is 0.190. The van der Waals surface area contributed by atoms with E-state index < -0.39 is 0 Å². The van der Waals surface area contributed by atoms with Gasteiger partial charge in [0.15, 0.2) is 5.65 Å². The molecule has 5 nitrogen and oxygen atoms in total. The topological polar surface area (TPSA) is 70.2 Å². The summed E-state index contributed by atoms with van der Waals surface area (Å²) in [6.45, 7) is 2.57. The second-order valence-corrected chi connectivity index (χ2v) is 8.28. The quantitative estimate of drug-likeness (QED) is 0.482. The molecule has 1 aromatic carbocycles. The minimum absolute atomic E-state index is 0.0154. The van der Waals surface area contributed by atoms with E-state index in [0.717, 1.165) is 32.9 Å². The number of rotatable bonds is 6. The minimum atomic E-state index is -0.0154. The lowest BCUT2D eigenvalue weighted by Gasteiger charge is -2.11. The highest BCUT2D eigenvalue weighted by Crippen LogP contribution is 2.29. The number of nitrogens with zero attached hydrogens (tertiary/aromatic N) is 3. The van der Waals surface area contributed by atoms with Crippen LogP contribution in [-0.4, -0.2) is 21.0 Å². The van der Waals surface area contributed by atoms with Gasteiger partial charge in [0.2, 0.25) is 5.91 Å². The summed E-state index contributed by atoms with van der Waals surface area (Å²) in [6, 6.07) is 16.1. The van der Waals surface area contributed by atoms with Gasteiger partial charge in [-0.15, -0.1) is 11.3 Å². The number of aromatic nitrogens is 2. The van der Waals surface area contributed by atoms with E-state index >= 15 is 0 Å². The van der Waals surface area contributed by atoms with Crippen molar-refractivity contribution in [1.82, 2.24) is 14.7 Å². The molecule has 4 rings (SSSR count). The Balaban J connectivity index is 1.66. The Labute approximate surface area is 171 Å². The summed E-state index contributed by atoms with van der Waals surface area (Å²) in [5.41, 5.74) is 4.00. The molecule has 1 N–H and O–H groups in total. The van der Waals surface area contributed by atoms with E-state index in [4.69, 9.17) is 0 Å². The number of aryl methyl sites for hydroxylation is 1. The molecule has 4 aromatic rings. The average Bonchev–Trinajstić information content (AvgIpc) is 3.37. The van der Waals surface area contributed by atoms with Gasteiger partial charge >= 0.3 is 0 Å². The largest absolute Gasteiger partial charge is 0.350 e. The van der Waals surface area contributed by atoms with Gasteiger partial charge in [-0.3, -0.25) is 9.20 Å². The predicted octanol–water partition coefficient (Wildman–Crippen LogP) is 4.39. The summed E-state index contributed by atoms with van der Waals surface area (Å²) in [7, 11) is 0. The first kappa shape index (κ1) is 18.5. The van der Waals surface area contributed by atoms with Crippen LogP contribution in [0.5, 0.6) is 0 Å². The fourth-order valence-electron chi connectivity index (χ4n) is 3.14. The SMILES string of the molecule is CCc1cc(SCC(=O)NCc2cccs2)n2c(nc3ccccc32)c1C#N. The van der Waals surface area contributed by atoms with Crippen LogP contribution in [0.25, 0.3) is 16.7 Å². The lowest BCUT2D eigenvalue weighted by atomic mass is 10.1. The maximum atomic E-state index is 12.3. The van der Waals surface area contributed by atoms with Crippen molar-refractivity contribution in [3.8, 4) is 6.07 Å². The molecular weight excluding hydrogens is 388 g/mol. The molecule has 1 amide bonds. The lowest BCUT2D eigenvalue weighted by molar-refractivity contribution is -0.118. The predicted molar refractivity (Wildman–Crippen MR) is 114 cm³/mol. The Hall–Kier alpha value is -2.82. The Kier molecular flexibility index (Phi) is 5.33. The van der Waals surface area contributed by atoms with Gasteiger partial charge in [0.1, 0.15) is 6.07 Å². The van der Waals surface area contributed by atoms with Crippen LogP contribution in [0.1, 0.15) is 22.9 Å². The first-order valence-corrected chi connectivity index (χ1v) is 10.8. The van der Waals surface area contributed by atoms with Crippen LogP contribution >= 0.6 is 23.1 Å². The number of fused-ring (bicyclic) bond motifs is 3. The maximum Gasteiger partial charge on any atom is 0.230 e. The van der Waals surface area contributed by atoms with Crippen molar-refractivity contribution < 1.29 is 4.79 Å². The average molecular weight is 407 g/mol. The Morgan fingerprint density at radius 3 is 2.93 bits per heavy atom. The van der Waals surface area contributed by atoms with Crippen molar-refractivity contribution in [2.45, 2.75) is 24.9 Å². The van der Waals surface area contributed by atoms with E-state index in [9.17, 15) is 10.1 Å². The van der Waals surface area contributed by atoms with E-state index in [1.807, 2.05) is 59.2 Å². The van der Waals surface area contributed by atoms with E-state index in [1.54, 1.807) is 11.3 Å². The zero-order valence-corrected chi connectivity index (χ0v) is 16.9. The first-order chi connectivity index (χ1) is 13.7. The molecule has 0 atom stereocenters. The second kappa shape index (κ2) is 8.05. The molecule has 28 heavy (non-hydrogen) atoms. The van der Waals surface area contributed by atoms with Crippen molar-refractivity contribution in [2.75, 3.05) is 5.75 Å². The van der Waals surface area contributed by atoms with Crippen LogP contribution in [0.3, 0.4) is 0 Å². The monoisotopic (exact) mass is 406 g/mol. The van der Waals surface area contributed by atoms with Crippen molar-refractivity contribution in [3.05, 3.63) is 63.8 Å². The second-order valence-electron chi connectivity index (χ2n) is 6.25. The smallest absolute Gasteiger partial charge is 0.230 e. The highest BCUT2D eigenvalue weighted by molar-refractivity contribution is 7.99. The van der Waals surface area contributed by atoms with Crippen molar-refractivity contribution in [1.29, 1.82) is 5.26 Å². The molecule has 0 unspecified atom stereocenters. The number of imidazole rings is 1. The van der Waals surface area contributed by atoms with Gasteiger partial charge in [0.05, 0.1) is 33.9 Å². The summed E-state index contributed by atoms with van der Waals surface area (Å²) in [5.74, 6) is 0.292. The summed E-state index contributed by atoms with van der Waals surface area (Å²) in [6.07, 6.45) is 0.737. The summed E-state index contributed by atoms with van der Waals surface area (Å²) in [5, 5.41) is 15.6. The lowest BCUT2D eigenvalue weighted by Crippen LogP contribution is -2.24. The van der Waals surface area contributed by atoms with Gasteiger partial charge < -0.3 is 5.32 Å². The molecule has 0 aliphatic rings. The Morgan fingerprint density at radius 1 is 1.32 bits per heavy atom. The number of para-hydroxylation sites is 2. The van der Waals surface area contributed by atoms with Gasteiger partial charge in [0, 0.05) is 4.88 Å². The molecule has 0 radical (unpaired) electrons. The summed E-state index contributed by atoms with van der Waals surface area (Å²) < 4.78 is 1.99. The zero-order chi connectivity index (χ0) is 19.5. The van der Waals surface area contributed by atoms with Gasteiger partial charge in [-0.05, 0) is 41.6 Å². The third kappa shape index (κ3) is 3.49. The molecular formula is C21H18N4OS2. The Bertz CT molecular complexity index is 1190. The van der Waals surface area contributed by atoms with Crippen molar-refractivity contribution in [2.24, 2.45) is 0 Å². The third-order valence-electron chi connectivity index (χ3n) is 4.51. The number of thioether (sulfide) groups is 1. The first-order valence-electron chi connectivity index (χ1n) is 8.96. The number of hydrogen-bond donors (Lipinski definition) is 1. The molecule has 0 saturated carbocycles. The number of pyridine rings is 1. The van der Waals surface area contributed by atoms with Crippen molar-refractivity contribution in [3.63, 3.8) is 0 Å². The molecule has 0 aliphatic heterocycles. The minimum Gasteiger partial charge on any atom is -0.350 e. The number of carbonyl (C=O) groups excluding carboxylic acids is 1. The molecule has 0 fully saturated rings. The molecule has 0 spiro atoms. The van der Waals surface area contributed by atoms with Crippen LogP contribution in [0, 0.1) is 11.3 Å². The molecule has 140 valence electrons. The van der Waals surface area contributed by atoms with Gasteiger partial charge in [0.25, 0.3) is 0 Å². The number of nitrogens with one attached hydrogen (secondary N) is 1. The van der Waals surface area contributed by atoms with Crippen LogP contribution < -0.4 is 5.32 Å². The van der Waals surface area contributed by atoms with Crippen LogP contribution in [-0.2, 0) is 17.8 Å². The molecule has 0 saturated heterocycles. The van der Waals surface area contributed by atoms with Crippen molar-refractivity contribution >= 4 is 45.7 Å². The van der Waals surface area contributed by atoms with Gasteiger partial charge in [-0.2, -0.15) is 5.26 Å². The molecule has 0 bridgehead atoms. The fourth-order valence-corrected chi connectivity index (χ4v) is 4.71. The molecule has 3 aromatic heterocycles. The van der Waals surface area contributed by atoms with Gasteiger partial charge in [-0.25, -0.2) is 4.98 Å². The zero-order valence-electron chi connectivity index (χ0n) is 15.3. The number of amides is 1. The Morgan fingerprint density at radius 2 is 2.18 bits per heavy atom. The van der Waals surface area contributed by atoms with Crippen LogP contribution in [0.15, 0.2) is 52.9 Å². The summed E-state index contributed by atoms with van der Waals surface area (Å²) in [4.78, 5) is 18.1. The van der Waals surface area contributed by atoms with E-state index in [2.05, 4.69) is 16.4 Å². The van der Waals surface area contributed by atoms with E-state index in [0.29, 0.717) is 23.5 Å². The third-order valence-corrected chi connectivity index (χ3v) is 6.39. The molecule has 7 heteroatoms. The standard InChI is InChI=1S/C21H18N4OS2/c1-2-14-10-20(28-13-19(26)23-12-15-6-5-9-27-15)25-18-8-4-3-7-17(18)24-21(25)16(14)11-22/h3-10H,2,12-13H2,1H3,(H,23,26). The van der Waals surface area contributed by atoms with E-state index in [1.165, 1.54) is 11.8 Å². The molecule has 3 heterocycles. The summed E-state index contributed by atoms with van der Waals surface area (Å²) >= 11 is 3.10. The molecule has 0 aliphatic carbocycles. The number of carbonyl (C=O) groups is 1. The van der Waals surface area contributed by atoms with Gasteiger partial charge in [-0.1, -0.05) is 36.9 Å². The highest BCUT2D eigenvalue weighted by Gasteiger charge is 2.17. The number of nitriles is 1. The van der Waals surface area contributed by atoms with Crippen LogP contribution in [0.2, 0.25) is 0 Å². The van der Waals surface area contributed by atoms with Crippen LogP contribution in [0.4, 0.5) is 0 Å². The number of hydrogen-bond acceptors (Lipinski definition) is 5. The van der Waals surface area contributed by atoms with E-state index in [-0.39, 0.29) is 5.91 Å². The normalized spacial score (nSPS) is 11.0. The number of benzene rings is 1. The highest BCUT2D eigenvalue weighted by atomic mass is 32.2. The maximum absolute atomic E-state index is 12.3. The number of thiophene rings is 1.